The predicted molar refractivity (Wildman–Crippen MR) is 139 cm³/mol. The lowest BCUT2D eigenvalue weighted by molar-refractivity contribution is -0.0579. The van der Waals surface area contributed by atoms with E-state index in [1.807, 2.05) is 0 Å². The van der Waals surface area contributed by atoms with Crippen LogP contribution in [-0.4, -0.2) is 51.6 Å². The van der Waals surface area contributed by atoms with Crippen LogP contribution >= 0.6 is 11.6 Å². The minimum atomic E-state index is -3.14. The van der Waals surface area contributed by atoms with Crippen LogP contribution in [0.15, 0.2) is 29.2 Å². The van der Waals surface area contributed by atoms with Crippen molar-refractivity contribution in [1.82, 2.24) is 14.5 Å². The number of alkyl halides is 4. The Morgan fingerprint density at radius 2 is 2.00 bits per heavy atom. The van der Waals surface area contributed by atoms with Gasteiger partial charge in [0.1, 0.15) is 5.02 Å². The van der Waals surface area contributed by atoms with Crippen LogP contribution in [0.1, 0.15) is 25.7 Å². The van der Waals surface area contributed by atoms with Crippen molar-refractivity contribution in [2.45, 2.75) is 49.6 Å². The van der Waals surface area contributed by atoms with E-state index in [1.54, 1.807) is 30.1 Å². The summed E-state index contributed by atoms with van der Waals surface area (Å²) in [6.45, 7) is -0.705. The second-order valence-corrected chi connectivity index (χ2v) is 11.4. The zero-order valence-corrected chi connectivity index (χ0v) is 21.6. The van der Waals surface area contributed by atoms with Gasteiger partial charge in [-0.1, -0.05) is 11.6 Å². The van der Waals surface area contributed by atoms with Crippen LogP contribution in [0.5, 0.6) is 5.75 Å². The molecule has 8 nitrogen and oxygen atoms in total. The van der Waals surface area contributed by atoms with Gasteiger partial charge >= 0.3 is 5.92 Å². The zero-order chi connectivity index (χ0) is 27.3. The number of nitrogens with zero attached hydrogens (tertiary/aromatic N) is 4. The summed E-state index contributed by atoms with van der Waals surface area (Å²) >= 11 is 6.38. The van der Waals surface area contributed by atoms with Crippen molar-refractivity contribution in [3.05, 3.63) is 39.8 Å². The number of halogens is 5. The third kappa shape index (κ3) is 3.97. The monoisotopic (exact) mass is 564 g/mol. The Balaban J connectivity index is 1.25. The highest BCUT2D eigenvalue weighted by molar-refractivity contribution is 6.33. The summed E-state index contributed by atoms with van der Waals surface area (Å²) < 4.78 is 64.6. The molecule has 2 bridgehead atoms. The molecular weight excluding hydrogens is 540 g/mol. The summed E-state index contributed by atoms with van der Waals surface area (Å²) in [7, 11) is 1.56. The third-order valence-corrected chi connectivity index (χ3v) is 8.66. The number of fused-ring (bicyclic) bond motifs is 5. The van der Waals surface area contributed by atoms with E-state index in [-0.39, 0.29) is 47.2 Å². The quantitative estimate of drug-likeness (QED) is 0.423. The summed E-state index contributed by atoms with van der Waals surface area (Å²) in [5.41, 5.74) is 0.787. The fourth-order valence-corrected chi connectivity index (χ4v) is 6.29. The largest absolute Gasteiger partial charge is 0.480 e. The highest BCUT2D eigenvalue weighted by Crippen LogP contribution is 2.49. The lowest BCUT2D eigenvalue weighted by Gasteiger charge is -2.31. The lowest BCUT2D eigenvalue weighted by atomic mass is 10.0. The normalized spacial score (nSPS) is 26.6. The highest BCUT2D eigenvalue weighted by Gasteiger charge is 2.56. The van der Waals surface area contributed by atoms with Gasteiger partial charge in [0.25, 0.3) is 11.5 Å². The molecule has 0 spiro atoms. The van der Waals surface area contributed by atoms with Crippen molar-refractivity contribution in [2.24, 2.45) is 18.9 Å². The van der Waals surface area contributed by atoms with Gasteiger partial charge < -0.3 is 24.8 Å². The number of benzene rings is 1. The van der Waals surface area contributed by atoms with E-state index in [1.165, 1.54) is 10.8 Å². The van der Waals surface area contributed by atoms with E-state index in [0.29, 0.717) is 41.8 Å². The molecule has 206 valence electrons. The Bertz CT molecular complexity index is 1560. The number of hydrogen-bond acceptors (Lipinski definition) is 7. The average Bonchev–Trinajstić information content (AvgIpc) is 3.59. The van der Waals surface area contributed by atoms with Gasteiger partial charge in [0.15, 0.2) is 12.4 Å². The van der Waals surface area contributed by atoms with Gasteiger partial charge in [-0.05, 0) is 43.4 Å². The predicted octanol–water partition coefficient (Wildman–Crippen LogP) is 5.18. The van der Waals surface area contributed by atoms with E-state index in [0.717, 1.165) is 0 Å². The van der Waals surface area contributed by atoms with Crippen LogP contribution in [0.25, 0.3) is 10.9 Å². The first-order chi connectivity index (χ1) is 18.5. The van der Waals surface area contributed by atoms with Crippen molar-refractivity contribution in [1.29, 1.82) is 0 Å². The second kappa shape index (κ2) is 8.36. The molecule has 3 aromatic rings. The molecule has 7 rings (SSSR count). The molecule has 13 heteroatoms. The fraction of sp³-hybridized carbons (Fsp3) is 0.500. The van der Waals surface area contributed by atoms with Crippen molar-refractivity contribution >= 4 is 45.6 Å². The van der Waals surface area contributed by atoms with Crippen LogP contribution in [0.4, 0.5) is 40.7 Å². The van der Waals surface area contributed by atoms with Gasteiger partial charge in [-0.3, -0.25) is 4.79 Å². The Morgan fingerprint density at radius 3 is 2.69 bits per heavy atom. The molecule has 0 amide bonds. The Morgan fingerprint density at radius 1 is 1.21 bits per heavy atom. The molecule has 39 heavy (non-hydrogen) atoms. The Labute approximate surface area is 225 Å². The van der Waals surface area contributed by atoms with Crippen molar-refractivity contribution in [3.63, 3.8) is 0 Å². The van der Waals surface area contributed by atoms with Crippen LogP contribution in [0.3, 0.4) is 0 Å². The fourth-order valence-electron chi connectivity index (χ4n) is 6.15. The van der Waals surface area contributed by atoms with Gasteiger partial charge in [-0.15, -0.1) is 0 Å². The van der Waals surface area contributed by atoms with Crippen LogP contribution < -0.4 is 25.8 Å². The molecule has 1 saturated heterocycles. The molecule has 4 aliphatic rings. The third-order valence-electron chi connectivity index (χ3n) is 8.38. The molecular formula is C26H25ClF4N6O2. The first kappa shape index (κ1) is 24.7. The summed E-state index contributed by atoms with van der Waals surface area (Å²) in [5, 5.41) is 6.85. The minimum Gasteiger partial charge on any atom is -0.480 e. The molecule has 2 N–H and O–H groups in total. The van der Waals surface area contributed by atoms with Gasteiger partial charge in [-0.2, -0.15) is 4.98 Å². The molecule has 1 unspecified atom stereocenters. The smallest absolute Gasteiger partial charge is 0.301 e. The Hall–Kier alpha value is -3.28. The maximum Gasteiger partial charge on any atom is 0.301 e. The van der Waals surface area contributed by atoms with E-state index in [4.69, 9.17) is 16.3 Å². The maximum atomic E-state index is 14.9. The molecule has 3 fully saturated rings. The molecule has 2 aliphatic carbocycles. The van der Waals surface area contributed by atoms with E-state index in [2.05, 4.69) is 20.6 Å². The molecule has 2 aliphatic heterocycles. The number of rotatable bonds is 4. The van der Waals surface area contributed by atoms with E-state index < -0.39 is 36.0 Å². The first-order valence-electron chi connectivity index (χ1n) is 12.9. The summed E-state index contributed by atoms with van der Waals surface area (Å²) in [5.74, 6) is -6.29. The van der Waals surface area contributed by atoms with Gasteiger partial charge in [0, 0.05) is 43.0 Å². The van der Waals surface area contributed by atoms with Gasteiger partial charge in [0.05, 0.1) is 23.4 Å². The van der Waals surface area contributed by atoms with Crippen LogP contribution in [0.2, 0.25) is 5.02 Å². The summed E-state index contributed by atoms with van der Waals surface area (Å²) in [4.78, 5) is 23.6. The van der Waals surface area contributed by atoms with Crippen molar-refractivity contribution < 1.29 is 22.3 Å². The number of hydrogen-bond donors (Lipinski definition) is 2. The number of anilines is 4. The number of aromatic nitrogens is 3. The molecule has 3 atom stereocenters. The second-order valence-electron chi connectivity index (χ2n) is 11.0. The molecule has 0 radical (unpaired) electrons. The Kier molecular flexibility index (Phi) is 5.30. The minimum absolute atomic E-state index is 0.145. The lowest BCUT2D eigenvalue weighted by Crippen LogP contribution is -2.44. The summed E-state index contributed by atoms with van der Waals surface area (Å²) in [6, 6.07) is 3.66. The standard InChI is InChI=1S/C26H25ClF4N6O2/c1-36-18-5-4-14(7-16(18)19-20(23(36)38)39-11-26(30,31)21(34-19)12-2-3-12)33-22-17(27)9-32-24(35-22)37-10-13-6-15(37)8-25(13,28)29/h4-5,7,9,12-13,15,21,34H,2-3,6,8,10-11H2,1H3,(H,32,33,35)/t13-,15-,21?/m0/s1. The molecule has 1 aromatic carbocycles. The van der Waals surface area contributed by atoms with Crippen LogP contribution in [-0.2, 0) is 7.05 Å². The van der Waals surface area contributed by atoms with E-state index in [9.17, 15) is 22.4 Å². The summed E-state index contributed by atoms with van der Waals surface area (Å²) in [6.07, 6.45) is 2.96. The molecule has 4 heterocycles. The van der Waals surface area contributed by atoms with Gasteiger partial charge in [-0.25, -0.2) is 22.5 Å². The number of ether oxygens (including phenoxy) is 1. The molecule has 2 aromatic heterocycles. The topological polar surface area (TPSA) is 84.3 Å². The number of pyridine rings is 1. The van der Waals surface area contributed by atoms with Crippen molar-refractivity contribution in [2.75, 3.05) is 28.7 Å². The van der Waals surface area contributed by atoms with Crippen LogP contribution in [0, 0.1) is 11.8 Å². The van der Waals surface area contributed by atoms with E-state index >= 15 is 0 Å². The molecule has 2 saturated carbocycles. The zero-order valence-electron chi connectivity index (χ0n) is 20.9. The number of aryl methyl sites for hydroxylation is 1. The highest BCUT2D eigenvalue weighted by atomic mass is 35.5. The SMILES string of the molecule is Cn1c(=O)c2c(c3cc(Nc4nc(N5C[C@@H]6C[C@H]5CC6(F)F)ncc4Cl)ccc31)NC(C1CC1)C(F)(F)CO2. The number of piperidine rings is 1. The maximum absolute atomic E-state index is 14.9. The average molecular weight is 565 g/mol. The first-order valence-corrected chi connectivity index (χ1v) is 13.3. The van der Waals surface area contributed by atoms with Gasteiger partial charge in [0.2, 0.25) is 11.7 Å². The van der Waals surface area contributed by atoms with Crippen molar-refractivity contribution in [3.8, 4) is 5.75 Å². The number of nitrogens with one attached hydrogen (secondary N) is 2.